The van der Waals surface area contributed by atoms with E-state index < -0.39 is 0 Å². The number of hydrogen-bond acceptors (Lipinski definition) is 2. The summed E-state index contributed by atoms with van der Waals surface area (Å²) in [6.45, 7) is 0. The number of halogens is 1. The zero-order chi connectivity index (χ0) is 16.3. The van der Waals surface area contributed by atoms with Gasteiger partial charge in [-0.2, -0.15) is 5.10 Å². The Kier molecular flexibility index (Phi) is 3.28. The van der Waals surface area contributed by atoms with Gasteiger partial charge in [0.2, 0.25) is 0 Å². The van der Waals surface area contributed by atoms with E-state index in [4.69, 9.17) is 5.10 Å². The van der Waals surface area contributed by atoms with E-state index in [1.165, 1.54) is 38.5 Å². The quantitative estimate of drug-likeness (QED) is 0.704. The number of rotatable bonds is 3. The molecule has 1 aromatic heterocycles. The fourth-order valence-electron chi connectivity index (χ4n) is 6.04. The van der Waals surface area contributed by atoms with Crippen LogP contribution in [0.2, 0.25) is 0 Å². The van der Waals surface area contributed by atoms with Crippen molar-refractivity contribution in [2.75, 3.05) is 0 Å². The lowest BCUT2D eigenvalue weighted by molar-refractivity contribution is -0.00758. The lowest BCUT2D eigenvalue weighted by Crippen LogP contribution is -2.49. The first-order valence-electron chi connectivity index (χ1n) is 8.96. The van der Waals surface area contributed by atoms with E-state index in [1.807, 2.05) is 35.1 Å². The highest BCUT2D eigenvalue weighted by Gasteiger charge is 2.53. The second kappa shape index (κ2) is 5.29. The third-order valence-corrected chi connectivity index (χ3v) is 6.98. The molecular weight excluding hydrogens is 364 g/mol. The van der Waals surface area contributed by atoms with Gasteiger partial charge in [0.1, 0.15) is 0 Å². The highest BCUT2D eigenvalue weighted by atomic mass is 79.9. The summed E-state index contributed by atoms with van der Waals surface area (Å²) in [7, 11) is 0. The van der Waals surface area contributed by atoms with Gasteiger partial charge in [0.15, 0.2) is 6.29 Å². The molecule has 0 N–H and O–H groups in total. The summed E-state index contributed by atoms with van der Waals surface area (Å²) in [5.41, 5.74) is 3.01. The number of hydrogen-bond donors (Lipinski definition) is 0. The van der Waals surface area contributed by atoms with Gasteiger partial charge in [-0.3, -0.25) is 4.79 Å². The van der Waals surface area contributed by atoms with Crippen molar-refractivity contribution in [3.63, 3.8) is 0 Å². The Labute approximate surface area is 150 Å². The topological polar surface area (TPSA) is 34.9 Å². The maximum atomic E-state index is 11.8. The molecule has 0 amide bonds. The highest BCUT2D eigenvalue weighted by molar-refractivity contribution is 9.10. The van der Waals surface area contributed by atoms with Crippen LogP contribution < -0.4 is 0 Å². The highest BCUT2D eigenvalue weighted by Crippen LogP contribution is 2.60. The summed E-state index contributed by atoms with van der Waals surface area (Å²) in [5.74, 6) is 2.56. The molecule has 3 nitrogen and oxygen atoms in total. The van der Waals surface area contributed by atoms with Crippen LogP contribution >= 0.6 is 15.9 Å². The standard InChI is InChI=1S/C20H21BrN2O/c21-17-2-1-3-18(7-17)23-11-16(12-24)19(22-23)20-8-13-4-14(9-20)6-15(5-13)10-20/h1-3,7,11-15H,4-6,8-10H2. The Balaban J connectivity index is 1.60. The fraction of sp³-hybridized carbons (Fsp3) is 0.500. The molecule has 1 heterocycles. The van der Waals surface area contributed by atoms with Crippen molar-refractivity contribution in [3.05, 3.63) is 46.2 Å². The number of aldehydes is 1. The Bertz CT molecular complexity index is 774. The fourth-order valence-corrected chi connectivity index (χ4v) is 6.42. The third kappa shape index (κ3) is 2.22. The second-order valence-electron chi connectivity index (χ2n) is 8.17. The Morgan fingerprint density at radius 2 is 1.79 bits per heavy atom. The van der Waals surface area contributed by atoms with Gasteiger partial charge in [-0.1, -0.05) is 22.0 Å². The van der Waals surface area contributed by atoms with Crippen LogP contribution in [0.5, 0.6) is 0 Å². The summed E-state index contributed by atoms with van der Waals surface area (Å²) < 4.78 is 2.92. The zero-order valence-corrected chi connectivity index (χ0v) is 15.2. The predicted octanol–water partition coefficient (Wildman–Crippen LogP) is 4.92. The van der Waals surface area contributed by atoms with Crippen LogP contribution in [0.4, 0.5) is 0 Å². The molecule has 0 unspecified atom stereocenters. The van der Waals surface area contributed by atoms with E-state index in [9.17, 15) is 4.79 Å². The first kappa shape index (κ1) is 14.9. The van der Waals surface area contributed by atoms with Crippen molar-refractivity contribution in [1.82, 2.24) is 9.78 Å². The van der Waals surface area contributed by atoms with E-state index in [0.717, 1.165) is 45.5 Å². The molecule has 2 aromatic rings. The maximum Gasteiger partial charge on any atom is 0.153 e. The molecule has 24 heavy (non-hydrogen) atoms. The molecule has 0 radical (unpaired) electrons. The van der Waals surface area contributed by atoms with E-state index in [2.05, 4.69) is 15.9 Å². The van der Waals surface area contributed by atoms with Crippen molar-refractivity contribution in [3.8, 4) is 5.69 Å². The molecule has 4 aliphatic rings. The smallest absolute Gasteiger partial charge is 0.153 e. The molecule has 4 heteroatoms. The third-order valence-electron chi connectivity index (χ3n) is 6.48. The molecule has 4 fully saturated rings. The van der Waals surface area contributed by atoms with E-state index >= 15 is 0 Å². The number of carbonyl (C=O) groups is 1. The van der Waals surface area contributed by atoms with Crippen molar-refractivity contribution in [2.24, 2.45) is 17.8 Å². The van der Waals surface area contributed by atoms with Gasteiger partial charge < -0.3 is 0 Å². The Morgan fingerprint density at radius 1 is 1.12 bits per heavy atom. The lowest BCUT2D eigenvalue weighted by Gasteiger charge is -2.56. The molecule has 4 saturated carbocycles. The lowest BCUT2D eigenvalue weighted by atomic mass is 9.48. The SMILES string of the molecule is O=Cc1cn(-c2cccc(Br)c2)nc1C12CC3CC(CC(C3)C1)C2. The van der Waals surface area contributed by atoms with Gasteiger partial charge in [-0.15, -0.1) is 0 Å². The van der Waals surface area contributed by atoms with E-state index in [-0.39, 0.29) is 5.41 Å². The normalized spacial score (nSPS) is 33.8. The minimum absolute atomic E-state index is 0.155. The van der Waals surface area contributed by atoms with Crippen LogP contribution in [0.3, 0.4) is 0 Å². The summed E-state index contributed by atoms with van der Waals surface area (Å²) in [4.78, 5) is 11.8. The first-order valence-corrected chi connectivity index (χ1v) is 9.76. The summed E-state index contributed by atoms with van der Waals surface area (Å²) in [5, 5.41) is 4.95. The van der Waals surface area contributed by atoms with Crippen LogP contribution in [0.15, 0.2) is 34.9 Å². The van der Waals surface area contributed by atoms with E-state index in [1.54, 1.807) is 0 Å². The van der Waals surface area contributed by atoms with Gasteiger partial charge >= 0.3 is 0 Å². The van der Waals surface area contributed by atoms with Gasteiger partial charge in [-0.25, -0.2) is 4.68 Å². The van der Waals surface area contributed by atoms with Crippen LogP contribution in [0.25, 0.3) is 5.69 Å². The molecule has 0 atom stereocenters. The molecule has 1 aromatic carbocycles. The number of aromatic nitrogens is 2. The van der Waals surface area contributed by atoms with Crippen molar-refractivity contribution in [2.45, 2.75) is 43.9 Å². The van der Waals surface area contributed by atoms with Gasteiger partial charge in [-0.05, 0) is 74.5 Å². The second-order valence-corrected chi connectivity index (χ2v) is 9.09. The Hall–Kier alpha value is -1.42. The largest absolute Gasteiger partial charge is 0.298 e. The van der Waals surface area contributed by atoms with Crippen LogP contribution in [-0.2, 0) is 5.41 Å². The Morgan fingerprint density at radius 3 is 2.38 bits per heavy atom. The van der Waals surface area contributed by atoms with Crippen molar-refractivity contribution in [1.29, 1.82) is 0 Å². The average Bonchev–Trinajstić information content (AvgIpc) is 2.99. The molecule has 4 aliphatic carbocycles. The van der Waals surface area contributed by atoms with Crippen molar-refractivity contribution >= 4 is 22.2 Å². The monoisotopic (exact) mass is 384 g/mol. The minimum Gasteiger partial charge on any atom is -0.298 e. The first-order chi connectivity index (χ1) is 11.6. The number of nitrogens with zero attached hydrogens (tertiary/aromatic N) is 2. The average molecular weight is 385 g/mol. The maximum absolute atomic E-state index is 11.8. The molecule has 0 saturated heterocycles. The number of carbonyl (C=O) groups excluding carboxylic acids is 1. The minimum atomic E-state index is 0.155. The van der Waals surface area contributed by atoms with Crippen LogP contribution in [-0.4, -0.2) is 16.1 Å². The van der Waals surface area contributed by atoms with Crippen LogP contribution in [0, 0.1) is 17.8 Å². The van der Waals surface area contributed by atoms with Gasteiger partial charge in [0.05, 0.1) is 16.9 Å². The summed E-state index contributed by atoms with van der Waals surface area (Å²) in [6, 6.07) is 8.10. The predicted molar refractivity (Wildman–Crippen MR) is 96.5 cm³/mol. The van der Waals surface area contributed by atoms with E-state index in [0.29, 0.717) is 0 Å². The zero-order valence-electron chi connectivity index (χ0n) is 13.6. The summed E-state index contributed by atoms with van der Waals surface area (Å²) in [6.07, 6.45) is 10.8. The summed E-state index contributed by atoms with van der Waals surface area (Å²) >= 11 is 3.52. The van der Waals surface area contributed by atoms with Gasteiger partial charge in [0.25, 0.3) is 0 Å². The molecule has 0 spiro atoms. The number of benzene rings is 1. The molecular formula is C20H21BrN2O. The molecule has 124 valence electrons. The molecule has 0 aliphatic heterocycles. The van der Waals surface area contributed by atoms with Crippen molar-refractivity contribution < 1.29 is 4.79 Å². The van der Waals surface area contributed by atoms with Crippen LogP contribution in [0.1, 0.15) is 54.6 Å². The van der Waals surface area contributed by atoms with Gasteiger partial charge in [0, 0.05) is 16.1 Å². The molecule has 4 bridgehead atoms. The molecule has 6 rings (SSSR count).